The van der Waals surface area contributed by atoms with Gasteiger partial charge in [0.2, 0.25) is 5.91 Å². The van der Waals surface area contributed by atoms with Crippen molar-refractivity contribution in [2.45, 2.75) is 13.8 Å². The van der Waals surface area contributed by atoms with Gasteiger partial charge in [-0.3, -0.25) is 9.59 Å². The van der Waals surface area contributed by atoms with Crippen molar-refractivity contribution in [2.75, 3.05) is 10.6 Å². The molecule has 1 aromatic heterocycles. The number of hydrogen-bond acceptors (Lipinski definition) is 4. The Bertz CT molecular complexity index is 984. The van der Waals surface area contributed by atoms with Gasteiger partial charge in [0, 0.05) is 22.9 Å². The third-order valence-electron chi connectivity index (χ3n) is 3.65. The Morgan fingerprint density at radius 2 is 1.85 bits per heavy atom. The third kappa shape index (κ3) is 4.09. The van der Waals surface area contributed by atoms with Gasteiger partial charge in [-0.1, -0.05) is 35.9 Å². The highest BCUT2D eigenvalue weighted by molar-refractivity contribution is 7.13. The summed E-state index contributed by atoms with van der Waals surface area (Å²) >= 11 is 7.38. The number of rotatable bonds is 4. The number of benzene rings is 2. The maximum atomic E-state index is 12.6. The van der Waals surface area contributed by atoms with Gasteiger partial charge in [-0.05, 0) is 30.7 Å². The molecular weight excluding hydrogens is 370 g/mol. The van der Waals surface area contributed by atoms with Crippen LogP contribution in [0, 0.1) is 6.92 Å². The standard InChI is InChI=1S/C19H16ClN3O2S/c1-11-5-3-4-6-14(11)19-23-17(10-26-19)18(25)22-15-8-7-13(20)9-16(15)21-12(2)24/h3-10H,1-2H3,(H,21,24)(H,22,25). The lowest BCUT2D eigenvalue weighted by molar-refractivity contribution is -0.114. The second kappa shape index (κ2) is 7.68. The molecule has 0 aliphatic carbocycles. The number of amides is 2. The first-order valence-electron chi connectivity index (χ1n) is 7.84. The van der Waals surface area contributed by atoms with Crippen LogP contribution in [0.25, 0.3) is 10.6 Å². The molecule has 0 aliphatic heterocycles. The number of thiazole rings is 1. The van der Waals surface area contributed by atoms with Crippen LogP contribution in [0.2, 0.25) is 5.02 Å². The lowest BCUT2D eigenvalue weighted by Gasteiger charge is -2.11. The van der Waals surface area contributed by atoms with Gasteiger partial charge >= 0.3 is 0 Å². The molecule has 0 radical (unpaired) electrons. The van der Waals surface area contributed by atoms with Crippen LogP contribution >= 0.6 is 22.9 Å². The molecule has 132 valence electrons. The van der Waals surface area contributed by atoms with Gasteiger partial charge in [0.05, 0.1) is 11.4 Å². The monoisotopic (exact) mass is 385 g/mol. The largest absolute Gasteiger partial charge is 0.324 e. The lowest BCUT2D eigenvalue weighted by atomic mass is 10.1. The van der Waals surface area contributed by atoms with E-state index >= 15 is 0 Å². The van der Waals surface area contributed by atoms with E-state index in [2.05, 4.69) is 15.6 Å². The predicted octanol–water partition coefficient (Wildman–Crippen LogP) is 4.98. The molecule has 0 atom stereocenters. The van der Waals surface area contributed by atoms with E-state index < -0.39 is 0 Å². The molecular formula is C19H16ClN3O2S. The molecule has 26 heavy (non-hydrogen) atoms. The molecule has 5 nitrogen and oxygen atoms in total. The molecule has 0 bridgehead atoms. The van der Waals surface area contributed by atoms with Crippen molar-refractivity contribution in [2.24, 2.45) is 0 Å². The summed E-state index contributed by atoms with van der Waals surface area (Å²) in [7, 11) is 0. The van der Waals surface area contributed by atoms with Gasteiger partial charge in [0.15, 0.2) is 0 Å². The average Bonchev–Trinajstić information content (AvgIpc) is 3.07. The first-order valence-corrected chi connectivity index (χ1v) is 9.10. The highest BCUT2D eigenvalue weighted by atomic mass is 35.5. The molecule has 3 rings (SSSR count). The second-order valence-corrected chi connectivity index (χ2v) is 6.97. The summed E-state index contributed by atoms with van der Waals surface area (Å²) in [5, 5.41) is 8.38. The summed E-state index contributed by atoms with van der Waals surface area (Å²) in [5.74, 6) is -0.603. The quantitative estimate of drug-likeness (QED) is 0.665. The fraction of sp³-hybridized carbons (Fsp3) is 0.105. The number of anilines is 2. The minimum absolute atomic E-state index is 0.252. The number of carbonyl (C=O) groups excluding carboxylic acids is 2. The van der Waals surface area contributed by atoms with Gasteiger partial charge in [-0.2, -0.15) is 0 Å². The van der Waals surface area contributed by atoms with Crippen molar-refractivity contribution in [3.63, 3.8) is 0 Å². The van der Waals surface area contributed by atoms with Gasteiger partial charge in [0.1, 0.15) is 10.7 Å². The van der Waals surface area contributed by atoms with E-state index in [9.17, 15) is 9.59 Å². The molecule has 0 saturated carbocycles. The number of nitrogens with one attached hydrogen (secondary N) is 2. The molecule has 0 fully saturated rings. The zero-order valence-electron chi connectivity index (χ0n) is 14.2. The van der Waals surface area contributed by atoms with Crippen LogP contribution in [0.15, 0.2) is 47.8 Å². The number of aromatic nitrogens is 1. The second-order valence-electron chi connectivity index (χ2n) is 5.68. The Hall–Kier alpha value is -2.70. The van der Waals surface area contributed by atoms with Crippen LogP contribution in [-0.2, 0) is 4.79 Å². The maximum Gasteiger partial charge on any atom is 0.275 e. The van der Waals surface area contributed by atoms with Crippen LogP contribution in [0.3, 0.4) is 0 Å². The third-order valence-corrected chi connectivity index (χ3v) is 4.76. The number of aryl methyl sites for hydroxylation is 1. The highest BCUT2D eigenvalue weighted by Crippen LogP contribution is 2.29. The van der Waals surface area contributed by atoms with E-state index in [-0.39, 0.29) is 11.8 Å². The first-order chi connectivity index (χ1) is 12.4. The Morgan fingerprint density at radius 1 is 1.08 bits per heavy atom. The Balaban J connectivity index is 1.84. The van der Waals surface area contributed by atoms with Crippen molar-refractivity contribution in [1.82, 2.24) is 4.98 Å². The number of carbonyl (C=O) groups is 2. The smallest absolute Gasteiger partial charge is 0.275 e. The van der Waals surface area contributed by atoms with Gasteiger partial charge in [-0.25, -0.2) is 4.98 Å². The fourth-order valence-corrected chi connectivity index (χ4v) is 3.48. The van der Waals surface area contributed by atoms with E-state index in [1.807, 2.05) is 31.2 Å². The Labute approximate surface area is 160 Å². The first kappa shape index (κ1) is 18.1. The summed E-state index contributed by atoms with van der Waals surface area (Å²) in [4.78, 5) is 28.3. The maximum absolute atomic E-state index is 12.6. The SMILES string of the molecule is CC(=O)Nc1cc(Cl)ccc1NC(=O)c1csc(-c2ccccc2C)n1. The van der Waals surface area contributed by atoms with E-state index in [0.29, 0.717) is 22.1 Å². The van der Waals surface area contributed by atoms with Crippen LogP contribution in [0.1, 0.15) is 23.0 Å². The molecule has 0 spiro atoms. The summed E-state index contributed by atoms with van der Waals surface area (Å²) in [6.07, 6.45) is 0. The van der Waals surface area contributed by atoms with E-state index in [1.54, 1.807) is 23.6 Å². The van der Waals surface area contributed by atoms with Crippen molar-refractivity contribution >= 4 is 46.1 Å². The van der Waals surface area contributed by atoms with Crippen molar-refractivity contribution in [1.29, 1.82) is 0 Å². The van der Waals surface area contributed by atoms with E-state index in [4.69, 9.17) is 11.6 Å². The Kier molecular flexibility index (Phi) is 5.35. The van der Waals surface area contributed by atoms with E-state index in [1.165, 1.54) is 18.3 Å². The minimum atomic E-state index is -0.352. The number of nitrogens with zero attached hydrogens (tertiary/aromatic N) is 1. The van der Waals surface area contributed by atoms with Crippen LogP contribution in [0.5, 0.6) is 0 Å². The molecule has 0 saturated heterocycles. The zero-order valence-corrected chi connectivity index (χ0v) is 15.7. The molecule has 1 heterocycles. The number of hydrogen-bond donors (Lipinski definition) is 2. The topological polar surface area (TPSA) is 71.1 Å². The highest BCUT2D eigenvalue weighted by Gasteiger charge is 2.15. The summed E-state index contributed by atoms with van der Waals surface area (Å²) in [6.45, 7) is 3.39. The van der Waals surface area contributed by atoms with Gasteiger partial charge in [0.25, 0.3) is 5.91 Å². The van der Waals surface area contributed by atoms with Crippen molar-refractivity contribution < 1.29 is 9.59 Å². The lowest BCUT2D eigenvalue weighted by Crippen LogP contribution is -2.15. The van der Waals surface area contributed by atoms with Crippen molar-refractivity contribution in [3.05, 3.63) is 64.1 Å². The zero-order chi connectivity index (χ0) is 18.7. The molecule has 2 N–H and O–H groups in total. The Morgan fingerprint density at radius 3 is 2.58 bits per heavy atom. The summed E-state index contributed by atoms with van der Waals surface area (Å²) < 4.78 is 0. The molecule has 0 unspecified atom stereocenters. The normalized spacial score (nSPS) is 10.4. The molecule has 7 heteroatoms. The van der Waals surface area contributed by atoms with E-state index in [0.717, 1.165) is 16.1 Å². The molecule has 2 aromatic carbocycles. The minimum Gasteiger partial charge on any atom is -0.324 e. The van der Waals surface area contributed by atoms with Crippen molar-refractivity contribution in [3.8, 4) is 10.6 Å². The average molecular weight is 386 g/mol. The van der Waals surface area contributed by atoms with Crippen LogP contribution in [-0.4, -0.2) is 16.8 Å². The molecule has 0 aliphatic rings. The van der Waals surface area contributed by atoms with Gasteiger partial charge in [-0.15, -0.1) is 11.3 Å². The molecule has 3 aromatic rings. The van der Waals surface area contributed by atoms with Crippen LogP contribution < -0.4 is 10.6 Å². The van der Waals surface area contributed by atoms with Crippen LogP contribution in [0.4, 0.5) is 11.4 Å². The van der Waals surface area contributed by atoms with Gasteiger partial charge < -0.3 is 10.6 Å². The fourth-order valence-electron chi connectivity index (χ4n) is 2.42. The number of halogens is 1. The summed E-state index contributed by atoms with van der Waals surface area (Å²) in [6, 6.07) is 12.7. The molecule has 2 amide bonds. The summed E-state index contributed by atoms with van der Waals surface area (Å²) in [5.41, 5.74) is 3.31. The predicted molar refractivity (Wildman–Crippen MR) is 106 cm³/mol.